The standard InChI is InChI=1S/C14H22BrN3O2S/c1-2-16-14-13(10-12(15)11-17-14)21(19,20)18-8-6-4-3-5-7-9-18/h10-11H,2-9H2,1H3,(H,16,17). The molecule has 1 aromatic rings. The van der Waals surface area contributed by atoms with Gasteiger partial charge in [0.2, 0.25) is 10.0 Å². The van der Waals surface area contributed by atoms with Crippen LogP contribution < -0.4 is 5.32 Å². The first-order chi connectivity index (χ1) is 10.1. The van der Waals surface area contributed by atoms with Crippen molar-refractivity contribution < 1.29 is 8.42 Å². The first-order valence-electron chi connectivity index (χ1n) is 7.45. The molecule has 1 aromatic heterocycles. The van der Waals surface area contributed by atoms with E-state index in [0.29, 0.717) is 29.9 Å². The number of pyridine rings is 1. The van der Waals surface area contributed by atoms with Crippen molar-refractivity contribution in [1.82, 2.24) is 9.29 Å². The highest BCUT2D eigenvalue weighted by Gasteiger charge is 2.28. The maximum absolute atomic E-state index is 12.9. The van der Waals surface area contributed by atoms with Gasteiger partial charge in [-0.15, -0.1) is 0 Å². The van der Waals surface area contributed by atoms with Crippen molar-refractivity contribution in [2.45, 2.75) is 43.9 Å². The number of anilines is 1. The van der Waals surface area contributed by atoms with Crippen LogP contribution >= 0.6 is 15.9 Å². The zero-order valence-corrected chi connectivity index (χ0v) is 14.7. The molecular weight excluding hydrogens is 354 g/mol. The van der Waals surface area contributed by atoms with Gasteiger partial charge in [-0.25, -0.2) is 13.4 Å². The third kappa shape index (κ3) is 4.17. The number of rotatable bonds is 4. The second-order valence-corrected chi connectivity index (χ2v) is 8.02. The number of nitrogens with zero attached hydrogens (tertiary/aromatic N) is 2. The van der Waals surface area contributed by atoms with Gasteiger partial charge in [0.05, 0.1) is 0 Å². The smallest absolute Gasteiger partial charge is 0.246 e. The van der Waals surface area contributed by atoms with E-state index in [1.54, 1.807) is 16.6 Å². The van der Waals surface area contributed by atoms with Gasteiger partial charge in [0.25, 0.3) is 0 Å². The third-order valence-corrected chi connectivity index (χ3v) is 5.94. The van der Waals surface area contributed by atoms with Gasteiger partial charge in [0.15, 0.2) is 0 Å². The summed E-state index contributed by atoms with van der Waals surface area (Å²) in [6.45, 7) is 3.76. The van der Waals surface area contributed by atoms with Crippen LogP contribution in [-0.2, 0) is 10.0 Å². The molecule has 1 aliphatic heterocycles. The topological polar surface area (TPSA) is 62.3 Å². The fourth-order valence-electron chi connectivity index (χ4n) is 2.52. The minimum absolute atomic E-state index is 0.263. The molecule has 0 aliphatic carbocycles. The van der Waals surface area contributed by atoms with E-state index < -0.39 is 10.0 Å². The quantitative estimate of drug-likeness (QED) is 0.877. The van der Waals surface area contributed by atoms with E-state index in [4.69, 9.17) is 0 Å². The lowest BCUT2D eigenvalue weighted by molar-refractivity contribution is 0.364. The Kier molecular flexibility index (Phi) is 6.01. The number of sulfonamides is 1. The molecule has 0 saturated carbocycles. The molecule has 1 fully saturated rings. The second kappa shape index (κ2) is 7.56. The van der Waals surface area contributed by atoms with Crippen LogP contribution in [0.25, 0.3) is 0 Å². The molecule has 1 saturated heterocycles. The fourth-order valence-corrected chi connectivity index (χ4v) is 4.66. The summed E-state index contributed by atoms with van der Waals surface area (Å²) in [6, 6.07) is 1.64. The number of aromatic nitrogens is 1. The average Bonchev–Trinajstić information content (AvgIpc) is 2.40. The van der Waals surface area contributed by atoms with Crippen LogP contribution in [0.5, 0.6) is 0 Å². The highest BCUT2D eigenvalue weighted by atomic mass is 79.9. The van der Waals surface area contributed by atoms with Crippen molar-refractivity contribution in [3.05, 3.63) is 16.7 Å². The molecule has 0 unspecified atom stereocenters. The highest BCUT2D eigenvalue weighted by Crippen LogP contribution is 2.27. The average molecular weight is 376 g/mol. The molecule has 2 heterocycles. The van der Waals surface area contributed by atoms with E-state index in [2.05, 4.69) is 26.2 Å². The van der Waals surface area contributed by atoms with Crippen molar-refractivity contribution in [3.8, 4) is 0 Å². The second-order valence-electron chi connectivity index (χ2n) is 5.20. The maximum Gasteiger partial charge on any atom is 0.246 e. The Hall–Kier alpha value is -0.660. The Bertz CT molecular complexity index is 570. The van der Waals surface area contributed by atoms with Crippen LogP contribution in [0.15, 0.2) is 21.6 Å². The molecule has 0 aromatic carbocycles. The lowest BCUT2D eigenvalue weighted by atomic mass is 10.1. The summed E-state index contributed by atoms with van der Waals surface area (Å²) >= 11 is 3.32. The first-order valence-corrected chi connectivity index (χ1v) is 9.68. The van der Waals surface area contributed by atoms with Crippen LogP contribution in [0.1, 0.15) is 39.0 Å². The summed E-state index contributed by atoms with van der Waals surface area (Å²) in [5.74, 6) is 0.433. The van der Waals surface area contributed by atoms with E-state index in [9.17, 15) is 8.42 Å². The predicted molar refractivity (Wildman–Crippen MR) is 87.9 cm³/mol. The van der Waals surface area contributed by atoms with Crippen LogP contribution in [0.2, 0.25) is 0 Å². The van der Waals surface area contributed by atoms with Crippen LogP contribution in [0, 0.1) is 0 Å². The van der Waals surface area contributed by atoms with Gasteiger partial charge in [-0.2, -0.15) is 4.31 Å². The predicted octanol–water partition coefficient (Wildman–Crippen LogP) is 3.23. The third-order valence-electron chi connectivity index (χ3n) is 3.60. The zero-order valence-electron chi connectivity index (χ0n) is 12.3. The lowest BCUT2D eigenvalue weighted by Crippen LogP contribution is -2.34. The van der Waals surface area contributed by atoms with E-state index in [-0.39, 0.29) is 4.90 Å². The van der Waals surface area contributed by atoms with Crippen LogP contribution in [0.4, 0.5) is 5.82 Å². The van der Waals surface area contributed by atoms with Crippen LogP contribution in [-0.4, -0.2) is 37.3 Å². The minimum atomic E-state index is -3.50. The maximum atomic E-state index is 12.9. The van der Waals surface area contributed by atoms with Gasteiger partial charge >= 0.3 is 0 Å². The summed E-state index contributed by atoms with van der Waals surface area (Å²) < 4.78 is 28.1. The van der Waals surface area contributed by atoms with Crippen molar-refractivity contribution >= 4 is 31.8 Å². The number of hydrogen-bond donors (Lipinski definition) is 1. The lowest BCUT2D eigenvalue weighted by Gasteiger charge is -2.25. The van der Waals surface area contributed by atoms with Gasteiger partial charge in [-0.3, -0.25) is 0 Å². The molecular formula is C14H22BrN3O2S. The van der Waals surface area contributed by atoms with Crippen molar-refractivity contribution in [3.63, 3.8) is 0 Å². The summed E-state index contributed by atoms with van der Waals surface area (Å²) in [4.78, 5) is 4.47. The largest absolute Gasteiger partial charge is 0.369 e. The first kappa shape index (κ1) is 16.7. The Labute approximate surface area is 135 Å². The van der Waals surface area contributed by atoms with E-state index >= 15 is 0 Å². The van der Waals surface area contributed by atoms with Crippen LogP contribution in [0.3, 0.4) is 0 Å². The Morgan fingerprint density at radius 2 is 1.86 bits per heavy atom. The highest BCUT2D eigenvalue weighted by molar-refractivity contribution is 9.10. The molecule has 2 rings (SSSR count). The molecule has 0 radical (unpaired) electrons. The van der Waals surface area contributed by atoms with Gasteiger partial charge in [0.1, 0.15) is 10.7 Å². The number of nitrogens with one attached hydrogen (secondary N) is 1. The summed E-state index contributed by atoms with van der Waals surface area (Å²) in [5, 5.41) is 3.04. The Morgan fingerprint density at radius 1 is 1.24 bits per heavy atom. The number of halogens is 1. The molecule has 0 bridgehead atoms. The summed E-state index contributed by atoms with van der Waals surface area (Å²) in [7, 11) is -3.50. The molecule has 21 heavy (non-hydrogen) atoms. The molecule has 5 nitrogen and oxygen atoms in total. The normalized spacial score (nSPS) is 18.0. The monoisotopic (exact) mass is 375 g/mol. The fraction of sp³-hybridized carbons (Fsp3) is 0.643. The van der Waals surface area contributed by atoms with Crippen molar-refractivity contribution in [2.24, 2.45) is 0 Å². The molecule has 118 valence electrons. The molecule has 0 amide bonds. The van der Waals surface area contributed by atoms with Crippen molar-refractivity contribution in [1.29, 1.82) is 0 Å². The van der Waals surface area contributed by atoms with Gasteiger partial charge in [0, 0.05) is 30.3 Å². The van der Waals surface area contributed by atoms with Gasteiger partial charge in [-0.05, 0) is 41.8 Å². The molecule has 7 heteroatoms. The molecule has 0 atom stereocenters. The Balaban J connectivity index is 2.34. The molecule has 0 spiro atoms. The SMILES string of the molecule is CCNc1ncc(Br)cc1S(=O)(=O)N1CCCCCCC1. The van der Waals surface area contributed by atoms with E-state index in [1.165, 1.54) is 6.42 Å². The van der Waals surface area contributed by atoms with Gasteiger partial charge in [-0.1, -0.05) is 19.3 Å². The van der Waals surface area contributed by atoms with E-state index in [0.717, 1.165) is 25.7 Å². The molecule has 1 N–H and O–H groups in total. The summed E-state index contributed by atoms with van der Waals surface area (Å²) in [5.41, 5.74) is 0. The zero-order chi connectivity index (χ0) is 15.3. The van der Waals surface area contributed by atoms with Crippen molar-refractivity contribution in [2.75, 3.05) is 25.0 Å². The number of hydrogen-bond acceptors (Lipinski definition) is 4. The minimum Gasteiger partial charge on any atom is -0.369 e. The van der Waals surface area contributed by atoms with E-state index in [1.807, 2.05) is 6.92 Å². The Morgan fingerprint density at radius 3 is 2.48 bits per heavy atom. The molecule has 1 aliphatic rings. The summed E-state index contributed by atoms with van der Waals surface area (Å²) in [6.07, 6.45) is 6.87. The van der Waals surface area contributed by atoms with Gasteiger partial charge < -0.3 is 5.32 Å².